The van der Waals surface area contributed by atoms with Crippen LogP contribution < -0.4 is 5.32 Å². The maximum Gasteiger partial charge on any atom is 0.123 e. The molecule has 2 heterocycles. The molecule has 0 amide bonds. The van der Waals surface area contributed by atoms with E-state index in [1.165, 1.54) is 0 Å². The average molecular weight is 258 g/mol. The van der Waals surface area contributed by atoms with Gasteiger partial charge in [-0.1, -0.05) is 6.92 Å². The van der Waals surface area contributed by atoms with E-state index in [1.807, 2.05) is 11.8 Å². The van der Waals surface area contributed by atoms with Gasteiger partial charge < -0.3 is 10.1 Å². The van der Waals surface area contributed by atoms with E-state index in [9.17, 15) is 0 Å². The maximum absolute atomic E-state index is 5.72. The molecule has 2 atom stereocenters. The van der Waals surface area contributed by atoms with Crippen molar-refractivity contribution in [3.8, 4) is 0 Å². The summed E-state index contributed by atoms with van der Waals surface area (Å²) in [6, 6.07) is 0.339. The fourth-order valence-electron chi connectivity index (χ4n) is 1.69. The molecule has 1 aromatic rings. The van der Waals surface area contributed by atoms with Gasteiger partial charge in [-0.25, -0.2) is 4.98 Å². The molecule has 2 unspecified atom stereocenters. The van der Waals surface area contributed by atoms with E-state index in [0.29, 0.717) is 6.04 Å². The zero-order valence-corrected chi connectivity index (χ0v) is 11.4. The number of hydrogen-bond donors (Lipinski definition) is 1. The predicted molar refractivity (Wildman–Crippen MR) is 70.2 cm³/mol. The van der Waals surface area contributed by atoms with Gasteiger partial charge in [-0.15, -0.1) is 11.3 Å². The van der Waals surface area contributed by atoms with Crippen molar-refractivity contribution in [2.24, 2.45) is 0 Å². The molecular weight excluding hydrogens is 240 g/mol. The molecular formula is C11H18N2OS2. The number of ether oxygens (including phenoxy) is 1. The molecule has 2 rings (SSSR count). The second-order valence-corrected chi connectivity index (χ2v) is 5.86. The minimum Gasteiger partial charge on any atom is -0.369 e. The third kappa shape index (κ3) is 2.97. The molecule has 1 aromatic heterocycles. The molecule has 1 aliphatic heterocycles. The highest BCUT2D eigenvalue weighted by Crippen LogP contribution is 2.29. The van der Waals surface area contributed by atoms with Crippen LogP contribution in [-0.2, 0) is 4.74 Å². The van der Waals surface area contributed by atoms with E-state index in [2.05, 4.69) is 29.5 Å². The molecule has 90 valence electrons. The molecule has 0 bridgehead atoms. The molecule has 0 radical (unpaired) electrons. The lowest BCUT2D eigenvalue weighted by atomic mass is 10.2. The topological polar surface area (TPSA) is 34.1 Å². The number of nitrogens with zero attached hydrogens (tertiary/aromatic N) is 1. The standard InChI is InChI=1S/C11H18N2OS2/c1-3-12-8(2)9-6-16-11(13-9)10-7-15-5-4-14-10/h6,8,10,12H,3-5,7H2,1-2H3. The van der Waals surface area contributed by atoms with Crippen molar-refractivity contribution in [1.29, 1.82) is 0 Å². The van der Waals surface area contributed by atoms with Gasteiger partial charge in [-0.05, 0) is 13.5 Å². The Kier molecular flexibility index (Phi) is 4.64. The number of thioether (sulfide) groups is 1. The van der Waals surface area contributed by atoms with Gasteiger partial charge in [0, 0.05) is 22.9 Å². The van der Waals surface area contributed by atoms with Gasteiger partial charge in [-0.2, -0.15) is 11.8 Å². The summed E-state index contributed by atoms with van der Waals surface area (Å²) in [5.41, 5.74) is 1.14. The van der Waals surface area contributed by atoms with Gasteiger partial charge in [0.25, 0.3) is 0 Å². The van der Waals surface area contributed by atoms with Crippen molar-refractivity contribution in [2.75, 3.05) is 24.7 Å². The lowest BCUT2D eigenvalue weighted by Crippen LogP contribution is -2.19. The SMILES string of the molecule is CCNC(C)c1csc(C2CSCCO2)n1. The van der Waals surface area contributed by atoms with Crippen LogP contribution >= 0.6 is 23.1 Å². The van der Waals surface area contributed by atoms with Crippen molar-refractivity contribution in [3.05, 3.63) is 16.1 Å². The summed E-state index contributed by atoms with van der Waals surface area (Å²) >= 11 is 3.67. The number of thiazole rings is 1. The third-order valence-electron chi connectivity index (χ3n) is 2.59. The molecule has 1 saturated heterocycles. The molecule has 1 N–H and O–H groups in total. The van der Waals surface area contributed by atoms with Gasteiger partial charge >= 0.3 is 0 Å². The van der Waals surface area contributed by atoms with Crippen LogP contribution in [0.3, 0.4) is 0 Å². The largest absolute Gasteiger partial charge is 0.369 e. The van der Waals surface area contributed by atoms with Crippen LogP contribution in [0.5, 0.6) is 0 Å². The first-order chi connectivity index (χ1) is 7.81. The summed E-state index contributed by atoms with van der Waals surface area (Å²) in [5, 5.41) is 6.65. The normalized spacial score (nSPS) is 23.2. The van der Waals surface area contributed by atoms with Crippen LogP contribution in [0.25, 0.3) is 0 Å². The van der Waals surface area contributed by atoms with Gasteiger partial charge in [0.1, 0.15) is 11.1 Å². The van der Waals surface area contributed by atoms with Crippen LogP contribution in [-0.4, -0.2) is 29.6 Å². The Morgan fingerprint density at radius 1 is 1.69 bits per heavy atom. The van der Waals surface area contributed by atoms with Crippen molar-refractivity contribution >= 4 is 23.1 Å². The summed E-state index contributed by atoms with van der Waals surface area (Å²) in [6.07, 6.45) is 0.214. The zero-order chi connectivity index (χ0) is 11.4. The number of rotatable bonds is 4. The average Bonchev–Trinajstić information content (AvgIpc) is 2.80. The van der Waals surface area contributed by atoms with E-state index < -0.39 is 0 Å². The first-order valence-corrected chi connectivity index (χ1v) is 7.72. The summed E-state index contributed by atoms with van der Waals surface area (Å²) in [6.45, 7) is 6.10. The van der Waals surface area contributed by atoms with Crippen molar-refractivity contribution in [2.45, 2.75) is 26.0 Å². The fraction of sp³-hybridized carbons (Fsp3) is 0.727. The predicted octanol–water partition coefficient (Wildman–Crippen LogP) is 2.62. The molecule has 0 aromatic carbocycles. The number of aromatic nitrogens is 1. The van der Waals surface area contributed by atoms with Gasteiger partial charge in [-0.3, -0.25) is 0 Å². The smallest absolute Gasteiger partial charge is 0.123 e. The number of nitrogens with one attached hydrogen (secondary N) is 1. The van der Waals surface area contributed by atoms with Crippen molar-refractivity contribution in [1.82, 2.24) is 10.3 Å². The highest BCUT2D eigenvalue weighted by atomic mass is 32.2. The molecule has 1 aliphatic rings. The first kappa shape index (κ1) is 12.4. The Bertz CT molecular complexity index is 324. The molecule has 16 heavy (non-hydrogen) atoms. The Morgan fingerprint density at radius 2 is 2.56 bits per heavy atom. The minimum atomic E-state index is 0.214. The lowest BCUT2D eigenvalue weighted by Gasteiger charge is -2.20. The van der Waals surface area contributed by atoms with Gasteiger partial charge in [0.05, 0.1) is 12.3 Å². The molecule has 5 heteroatoms. The van der Waals surface area contributed by atoms with E-state index in [-0.39, 0.29) is 6.10 Å². The minimum absolute atomic E-state index is 0.214. The summed E-state index contributed by atoms with van der Waals surface area (Å²) in [7, 11) is 0. The van der Waals surface area contributed by atoms with Gasteiger partial charge in [0.2, 0.25) is 0 Å². The molecule has 3 nitrogen and oxygen atoms in total. The van der Waals surface area contributed by atoms with Crippen LogP contribution in [0.4, 0.5) is 0 Å². The second-order valence-electron chi connectivity index (χ2n) is 3.82. The summed E-state index contributed by atoms with van der Waals surface area (Å²) in [5.74, 6) is 2.16. The molecule has 0 aliphatic carbocycles. The van der Waals surface area contributed by atoms with E-state index >= 15 is 0 Å². The Hall–Kier alpha value is -0.100. The molecule has 0 spiro atoms. The molecule has 0 saturated carbocycles. The highest BCUT2D eigenvalue weighted by molar-refractivity contribution is 7.99. The Morgan fingerprint density at radius 3 is 3.25 bits per heavy atom. The first-order valence-electron chi connectivity index (χ1n) is 5.69. The third-order valence-corrected chi connectivity index (χ3v) is 4.53. The fourth-order valence-corrected chi connectivity index (χ4v) is 3.60. The monoisotopic (exact) mass is 258 g/mol. The van der Waals surface area contributed by atoms with Crippen molar-refractivity contribution in [3.63, 3.8) is 0 Å². The Labute approximate surface area is 105 Å². The summed E-state index contributed by atoms with van der Waals surface area (Å²) in [4.78, 5) is 4.67. The summed E-state index contributed by atoms with van der Waals surface area (Å²) < 4.78 is 5.72. The van der Waals surface area contributed by atoms with Crippen LogP contribution in [0.15, 0.2) is 5.38 Å². The lowest BCUT2D eigenvalue weighted by molar-refractivity contribution is 0.0754. The highest BCUT2D eigenvalue weighted by Gasteiger charge is 2.20. The van der Waals surface area contributed by atoms with Crippen LogP contribution in [0.1, 0.15) is 36.7 Å². The van der Waals surface area contributed by atoms with Gasteiger partial charge in [0.15, 0.2) is 0 Å². The Balaban J connectivity index is 2.00. The second kappa shape index (κ2) is 6.00. The van der Waals surface area contributed by atoms with Crippen molar-refractivity contribution < 1.29 is 4.74 Å². The van der Waals surface area contributed by atoms with E-state index in [0.717, 1.165) is 35.4 Å². The van der Waals surface area contributed by atoms with E-state index in [1.54, 1.807) is 11.3 Å². The number of hydrogen-bond acceptors (Lipinski definition) is 5. The quantitative estimate of drug-likeness (QED) is 0.900. The van der Waals surface area contributed by atoms with Crippen LogP contribution in [0, 0.1) is 0 Å². The zero-order valence-electron chi connectivity index (χ0n) is 9.73. The van der Waals surface area contributed by atoms with E-state index in [4.69, 9.17) is 4.74 Å². The molecule has 1 fully saturated rings. The maximum atomic E-state index is 5.72. The van der Waals surface area contributed by atoms with Crippen LogP contribution in [0.2, 0.25) is 0 Å².